The van der Waals surface area contributed by atoms with Gasteiger partial charge in [0.2, 0.25) is 0 Å². The molecule has 1 saturated heterocycles. The summed E-state index contributed by atoms with van der Waals surface area (Å²) in [5, 5.41) is 12.1. The van der Waals surface area contributed by atoms with Gasteiger partial charge in [-0.05, 0) is 25.0 Å². The predicted octanol–water partition coefficient (Wildman–Crippen LogP) is 0.958. The maximum atomic E-state index is 4.20. The molecule has 1 aromatic rings. The largest absolute Gasteiger partial charge is 0.292 e. The van der Waals surface area contributed by atoms with Crippen LogP contribution in [-0.4, -0.2) is 42.5 Å². The van der Waals surface area contributed by atoms with E-state index in [1.54, 1.807) is 7.05 Å². The molecule has 0 bridgehead atoms. The third kappa shape index (κ3) is 2.75. The van der Waals surface area contributed by atoms with Crippen LogP contribution in [0.2, 0.25) is 0 Å². The highest BCUT2D eigenvalue weighted by Gasteiger charge is 2.24. The second-order valence-electron chi connectivity index (χ2n) is 4.15. The van der Waals surface area contributed by atoms with E-state index >= 15 is 0 Å². The Balaban J connectivity index is 1.98. The van der Waals surface area contributed by atoms with Crippen molar-refractivity contribution in [3.8, 4) is 0 Å². The molecule has 0 spiro atoms. The summed E-state index contributed by atoms with van der Waals surface area (Å²) in [5.41, 5.74) is 0. The Kier molecular flexibility index (Phi) is 3.35. The first-order chi connectivity index (χ1) is 7.15. The van der Waals surface area contributed by atoms with Gasteiger partial charge >= 0.3 is 0 Å². The highest BCUT2D eigenvalue weighted by Crippen LogP contribution is 2.22. The third-order valence-electron chi connectivity index (χ3n) is 2.85. The SMILES string of the molecule is CC1CCC(Br)CN1Cc1nnn(C)n1. The van der Waals surface area contributed by atoms with Crippen molar-refractivity contribution in [3.05, 3.63) is 5.82 Å². The normalized spacial score (nSPS) is 28.2. The molecular weight excluding hydrogens is 258 g/mol. The van der Waals surface area contributed by atoms with Crippen LogP contribution in [0.15, 0.2) is 0 Å². The first-order valence-electron chi connectivity index (χ1n) is 5.26. The Morgan fingerprint density at radius 3 is 2.93 bits per heavy atom. The van der Waals surface area contributed by atoms with Crippen LogP contribution in [0.4, 0.5) is 0 Å². The summed E-state index contributed by atoms with van der Waals surface area (Å²) >= 11 is 3.67. The molecule has 6 heteroatoms. The molecule has 1 aliphatic heterocycles. The van der Waals surface area contributed by atoms with Gasteiger partial charge in [-0.3, -0.25) is 4.90 Å². The lowest BCUT2D eigenvalue weighted by atomic mass is 10.0. The Morgan fingerprint density at radius 1 is 1.47 bits per heavy atom. The summed E-state index contributed by atoms with van der Waals surface area (Å²) in [7, 11) is 1.80. The van der Waals surface area contributed by atoms with Crippen molar-refractivity contribution >= 4 is 15.9 Å². The summed E-state index contributed by atoms with van der Waals surface area (Å²) in [6.07, 6.45) is 2.49. The van der Waals surface area contributed by atoms with Crippen LogP contribution in [0, 0.1) is 0 Å². The topological polar surface area (TPSA) is 46.8 Å². The zero-order chi connectivity index (χ0) is 10.8. The van der Waals surface area contributed by atoms with Gasteiger partial charge in [0, 0.05) is 17.4 Å². The van der Waals surface area contributed by atoms with E-state index < -0.39 is 0 Å². The van der Waals surface area contributed by atoms with E-state index in [9.17, 15) is 0 Å². The smallest absolute Gasteiger partial charge is 0.188 e. The maximum absolute atomic E-state index is 4.20. The van der Waals surface area contributed by atoms with E-state index in [1.807, 2.05) is 0 Å². The minimum Gasteiger partial charge on any atom is -0.292 e. The molecule has 2 heterocycles. The van der Waals surface area contributed by atoms with Crippen LogP contribution in [0.5, 0.6) is 0 Å². The van der Waals surface area contributed by atoms with Crippen molar-refractivity contribution in [1.82, 2.24) is 25.1 Å². The summed E-state index contributed by atoms with van der Waals surface area (Å²) in [6, 6.07) is 0.614. The van der Waals surface area contributed by atoms with Gasteiger partial charge in [-0.25, -0.2) is 0 Å². The molecule has 0 amide bonds. The van der Waals surface area contributed by atoms with Crippen molar-refractivity contribution < 1.29 is 0 Å². The first kappa shape index (κ1) is 11.0. The Morgan fingerprint density at radius 2 is 2.27 bits per heavy atom. The summed E-state index contributed by atoms with van der Waals surface area (Å²) in [6.45, 7) is 4.13. The molecule has 2 rings (SSSR count). The molecule has 1 fully saturated rings. The lowest BCUT2D eigenvalue weighted by Crippen LogP contribution is -2.41. The van der Waals surface area contributed by atoms with E-state index in [2.05, 4.69) is 43.2 Å². The minimum absolute atomic E-state index is 0.602. The summed E-state index contributed by atoms with van der Waals surface area (Å²) in [4.78, 5) is 4.51. The Labute approximate surface area is 98.0 Å². The van der Waals surface area contributed by atoms with Crippen LogP contribution >= 0.6 is 15.9 Å². The van der Waals surface area contributed by atoms with Gasteiger partial charge in [-0.15, -0.1) is 10.2 Å². The number of piperidine rings is 1. The van der Waals surface area contributed by atoms with Crippen LogP contribution in [0.3, 0.4) is 0 Å². The lowest BCUT2D eigenvalue weighted by molar-refractivity contribution is 0.154. The lowest BCUT2D eigenvalue weighted by Gasteiger charge is -2.34. The van der Waals surface area contributed by atoms with E-state index in [-0.39, 0.29) is 0 Å². The first-order valence-corrected chi connectivity index (χ1v) is 6.17. The van der Waals surface area contributed by atoms with Crippen LogP contribution in [0.1, 0.15) is 25.6 Å². The molecule has 0 saturated carbocycles. The van der Waals surface area contributed by atoms with Gasteiger partial charge in [0.15, 0.2) is 5.82 Å². The number of tetrazole rings is 1. The number of hydrogen-bond donors (Lipinski definition) is 0. The zero-order valence-electron chi connectivity index (χ0n) is 9.10. The van der Waals surface area contributed by atoms with E-state index in [0.29, 0.717) is 10.9 Å². The van der Waals surface area contributed by atoms with E-state index in [4.69, 9.17) is 0 Å². The fourth-order valence-corrected chi connectivity index (χ4v) is 2.56. The number of aryl methyl sites for hydroxylation is 1. The second-order valence-corrected chi connectivity index (χ2v) is 5.44. The second kappa shape index (κ2) is 4.57. The van der Waals surface area contributed by atoms with E-state index in [0.717, 1.165) is 18.9 Å². The molecule has 0 aromatic carbocycles. The van der Waals surface area contributed by atoms with Gasteiger partial charge in [-0.1, -0.05) is 15.9 Å². The van der Waals surface area contributed by atoms with Gasteiger partial charge in [0.25, 0.3) is 0 Å². The van der Waals surface area contributed by atoms with Crippen molar-refractivity contribution in [2.24, 2.45) is 7.05 Å². The molecule has 15 heavy (non-hydrogen) atoms. The zero-order valence-corrected chi connectivity index (χ0v) is 10.7. The van der Waals surface area contributed by atoms with Gasteiger partial charge < -0.3 is 0 Å². The fraction of sp³-hybridized carbons (Fsp3) is 0.889. The molecule has 84 valence electrons. The van der Waals surface area contributed by atoms with Gasteiger partial charge in [-0.2, -0.15) is 4.80 Å². The highest BCUT2D eigenvalue weighted by atomic mass is 79.9. The van der Waals surface area contributed by atoms with Crippen molar-refractivity contribution in [2.45, 2.75) is 37.2 Å². The molecular formula is C9H16BrN5. The number of hydrogen-bond acceptors (Lipinski definition) is 4. The Hall–Kier alpha value is -0.490. The van der Waals surface area contributed by atoms with Crippen LogP contribution < -0.4 is 0 Å². The average Bonchev–Trinajstić information content (AvgIpc) is 2.58. The van der Waals surface area contributed by atoms with Crippen LogP contribution in [0.25, 0.3) is 0 Å². The number of halogens is 1. The molecule has 2 atom stereocenters. The van der Waals surface area contributed by atoms with Crippen LogP contribution in [-0.2, 0) is 13.6 Å². The molecule has 2 unspecified atom stereocenters. The molecule has 5 nitrogen and oxygen atoms in total. The van der Waals surface area contributed by atoms with E-state index in [1.165, 1.54) is 17.6 Å². The Bertz CT molecular complexity index is 326. The molecule has 1 aliphatic rings. The third-order valence-corrected chi connectivity index (χ3v) is 3.60. The van der Waals surface area contributed by atoms with Crippen molar-refractivity contribution in [2.75, 3.05) is 6.54 Å². The average molecular weight is 274 g/mol. The predicted molar refractivity (Wildman–Crippen MR) is 60.6 cm³/mol. The molecule has 0 radical (unpaired) electrons. The maximum Gasteiger partial charge on any atom is 0.188 e. The summed E-state index contributed by atoms with van der Waals surface area (Å²) < 4.78 is 0. The standard InChI is InChI=1S/C9H16BrN5/c1-7-3-4-8(10)5-15(7)6-9-11-13-14(2)12-9/h7-8H,3-6H2,1-2H3. The van der Waals surface area contributed by atoms with Gasteiger partial charge in [0.05, 0.1) is 13.6 Å². The monoisotopic (exact) mass is 273 g/mol. The fourth-order valence-electron chi connectivity index (χ4n) is 1.92. The van der Waals surface area contributed by atoms with Gasteiger partial charge in [0.1, 0.15) is 0 Å². The number of likely N-dealkylation sites (tertiary alicyclic amines) is 1. The number of rotatable bonds is 2. The number of aromatic nitrogens is 4. The van der Waals surface area contributed by atoms with Crippen molar-refractivity contribution in [1.29, 1.82) is 0 Å². The molecule has 0 N–H and O–H groups in total. The molecule has 0 aliphatic carbocycles. The minimum atomic E-state index is 0.602. The quantitative estimate of drug-likeness (QED) is 0.754. The highest BCUT2D eigenvalue weighted by molar-refractivity contribution is 9.09. The summed E-state index contributed by atoms with van der Waals surface area (Å²) in [5.74, 6) is 0.811. The number of nitrogens with zero attached hydrogens (tertiary/aromatic N) is 5. The molecule has 1 aromatic heterocycles. The van der Waals surface area contributed by atoms with Crippen molar-refractivity contribution in [3.63, 3.8) is 0 Å². The number of alkyl halides is 1.